The van der Waals surface area contributed by atoms with E-state index in [4.69, 9.17) is 16.3 Å². The molecule has 0 saturated carbocycles. The molecule has 8 heteroatoms. The third-order valence-corrected chi connectivity index (χ3v) is 4.91. The lowest BCUT2D eigenvalue weighted by Crippen LogP contribution is -2.15. The molecule has 0 atom stereocenters. The van der Waals surface area contributed by atoms with E-state index in [1.807, 2.05) is 35.9 Å². The number of ether oxygens (including phenoxy) is 1. The second-order valence-electron chi connectivity index (χ2n) is 7.35. The van der Waals surface area contributed by atoms with Crippen LogP contribution < -0.4 is 15.4 Å². The van der Waals surface area contributed by atoms with Crippen LogP contribution in [0, 0.1) is 6.92 Å². The lowest BCUT2D eigenvalue weighted by molar-refractivity contribution is -0.114. The number of aryl methyl sites for hydroxylation is 1. The van der Waals surface area contributed by atoms with Crippen LogP contribution in [0.5, 0.6) is 5.75 Å². The van der Waals surface area contributed by atoms with E-state index >= 15 is 0 Å². The number of pyridine rings is 1. The Morgan fingerprint density at radius 3 is 2.69 bits per heavy atom. The van der Waals surface area contributed by atoms with Crippen molar-refractivity contribution >= 4 is 40.4 Å². The van der Waals surface area contributed by atoms with Crippen LogP contribution in [-0.4, -0.2) is 21.2 Å². The summed E-state index contributed by atoms with van der Waals surface area (Å²) in [5, 5.41) is 5.90. The van der Waals surface area contributed by atoms with Crippen molar-refractivity contribution in [2.24, 2.45) is 0 Å². The molecule has 0 bridgehead atoms. The van der Waals surface area contributed by atoms with Crippen molar-refractivity contribution in [2.45, 2.75) is 20.5 Å². The summed E-state index contributed by atoms with van der Waals surface area (Å²) in [5.74, 6) is -0.0630. The van der Waals surface area contributed by atoms with Gasteiger partial charge in [0.2, 0.25) is 5.91 Å². The van der Waals surface area contributed by atoms with Gasteiger partial charge in [-0.3, -0.25) is 9.59 Å². The average molecular weight is 449 g/mol. The predicted molar refractivity (Wildman–Crippen MR) is 124 cm³/mol. The topological polar surface area (TPSA) is 84.7 Å². The van der Waals surface area contributed by atoms with Gasteiger partial charge in [-0.25, -0.2) is 4.98 Å². The van der Waals surface area contributed by atoms with Gasteiger partial charge in [-0.2, -0.15) is 0 Å². The Kier molecular flexibility index (Phi) is 6.09. The SMILES string of the molecule is CC(=O)Nc1ccc(Cl)cc1NC(=O)c1cccc(OCc2cn3cc(C)ccc3n2)c1. The maximum Gasteiger partial charge on any atom is 0.255 e. The van der Waals surface area contributed by atoms with Gasteiger partial charge in [0.25, 0.3) is 5.91 Å². The van der Waals surface area contributed by atoms with Crippen molar-refractivity contribution in [1.29, 1.82) is 0 Å². The minimum atomic E-state index is -0.354. The highest BCUT2D eigenvalue weighted by Gasteiger charge is 2.12. The normalized spacial score (nSPS) is 10.7. The zero-order valence-electron chi connectivity index (χ0n) is 17.6. The molecule has 0 aliphatic heterocycles. The number of benzene rings is 2. The van der Waals surface area contributed by atoms with Crippen LogP contribution >= 0.6 is 11.6 Å². The third kappa shape index (κ3) is 5.07. The molecule has 2 aromatic carbocycles. The maximum absolute atomic E-state index is 12.8. The van der Waals surface area contributed by atoms with Crippen LogP contribution in [0.25, 0.3) is 5.65 Å². The molecule has 0 fully saturated rings. The van der Waals surface area contributed by atoms with Crippen molar-refractivity contribution < 1.29 is 14.3 Å². The number of imidazole rings is 1. The van der Waals surface area contributed by atoms with Crippen LogP contribution in [0.15, 0.2) is 67.0 Å². The van der Waals surface area contributed by atoms with Crippen LogP contribution in [-0.2, 0) is 11.4 Å². The Balaban J connectivity index is 1.47. The van der Waals surface area contributed by atoms with Gasteiger partial charge in [0.1, 0.15) is 18.0 Å². The number of hydrogen-bond acceptors (Lipinski definition) is 4. The number of rotatable bonds is 6. The second-order valence-corrected chi connectivity index (χ2v) is 7.78. The quantitative estimate of drug-likeness (QED) is 0.430. The molecule has 0 unspecified atom stereocenters. The number of fused-ring (bicyclic) bond motifs is 1. The number of carbonyl (C=O) groups is 2. The molecular weight excluding hydrogens is 428 g/mol. The van der Waals surface area contributed by atoms with Gasteiger partial charge in [-0.15, -0.1) is 0 Å². The third-order valence-electron chi connectivity index (χ3n) is 4.67. The predicted octanol–water partition coefficient (Wildman–Crippen LogP) is 5.09. The zero-order valence-corrected chi connectivity index (χ0v) is 18.3. The van der Waals surface area contributed by atoms with Crippen molar-refractivity contribution in [2.75, 3.05) is 10.6 Å². The molecule has 0 spiro atoms. The fraction of sp³-hybridized carbons (Fsp3) is 0.125. The Labute approximate surface area is 190 Å². The summed E-state index contributed by atoms with van der Waals surface area (Å²) in [5.41, 5.74) is 4.04. The van der Waals surface area contributed by atoms with Gasteiger partial charge in [0.05, 0.1) is 17.1 Å². The van der Waals surface area contributed by atoms with E-state index in [1.54, 1.807) is 42.5 Å². The number of aromatic nitrogens is 2. The molecule has 32 heavy (non-hydrogen) atoms. The number of nitrogens with one attached hydrogen (secondary N) is 2. The fourth-order valence-electron chi connectivity index (χ4n) is 3.22. The lowest BCUT2D eigenvalue weighted by Gasteiger charge is -2.12. The van der Waals surface area contributed by atoms with Gasteiger partial charge in [0, 0.05) is 29.9 Å². The van der Waals surface area contributed by atoms with E-state index in [1.165, 1.54) is 6.92 Å². The highest BCUT2D eigenvalue weighted by molar-refractivity contribution is 6.31. The summed E-state index contributed by atoms with van der Waals surface area (Å²) in [6.45, 7) is 3.69. The van der Waals surface area contributed by atoms with E-state index in [2.05, 4.69) is 15.6 Å². The highest BCUT2D eigenvalue weighted by atomic mass is 35.5. The van der Waals surface area contributed by atoms with Crippen molar-refractivity contribution in [1.82, 2.24) is 9.38 Å². The maximum atomic E-state index is 12.8. The molecule has 2 N–H and O–H groups in total. The largest absolute Gasteiger partial charge is 0.487 e. The number of amides is 2. The summed E-state index contributed by atoms with van der Waals surface area (Å²) >= 11 is 6.05. The van der Waals surface area contributed by atoms with E-state index in [0.29, 0.717) is 27.7 Å². The van der Waals surface area contributed by atoms with E-state index in [-0.39, 0.29) is 18.4 Å². The van der Waals surface area contributed by atoms with Gasteiger partial charge in [0.15, 0.2) is 0 Å². The monoisotopic (exact) mass is 448 g/mol. The molecule has 162 valence electrons. The van der Waals surface area contributed by atoms with Crippen molar-refractivity contribution in [3.05, 3.63) is 88.8 Å². The first-order valence-corrected chi connectivity index (χ1v) is 10.3. The number of nitrogens with zero attached hydrogens (tertiary/aromatic N) is 2. The summed E-state index contributed by atoms with van der Waals surface area (Å²) in [4.78, 5) is 28.8. The summed E-state index contributed by atoms with van der Waals surface area (Å²) < 4.78 is 7.81. The summed E-state index contributed by atoms with van der Waals surface area (Å²) in [6, 6.07) is 15.7. The fourth-order valence-corrected chi connectivity index (χ4v) is 3.39. The first-order valence-electron chi connectivity index (χ1n) is 9.93. The molecule has 0 aliphatic rings. The molecule has 0 aliphatic carbocycles. The number of halogens is 1. The Bertz CT molecular complexity index is 1320. The molecule has 0 radical (unpaired) electrons. The Hall–Kier alpha value is -3.84. The minimum Gasteiger partial charge on any atom is -0.487 e. The summed E-state index contributed by atoms with van der Waals surface area (Å²) in [6.07, 6.45) is 3.92. The molecule has 7 nitrogen and oxygen atoms in total. The molecule has 0 saturated heterocycles. The van der Waals surface area contributed by atoms with Gasteiger partial charge in [-0.1, -0.05) is 23.7 Å². The number of carbonyl (C=O) groups excluding carboxylic acids is 2. The number of anilines is 2. The van der Waals surface area contributed by atoms with E-state index in [0.717, 1.165) is 16.9 Å². The molecule has 2 aromatic heterocycles. The van der Waals surface area contributed by atoms with Crippen LogP contribution in [0.3, 0.4) is 0 Å². The smallest absolute Gasteiger partial charge is 0.255 e. The van der Waals surface area contributed by atoms with Crippen LogP contribution in [0.1, 0.15) is 28.5 Å². The Morgan fingerprint density at radius 2 is 1.88 bits per heavy atom. The van der Waals surface area contributed by atoms with Crippen LogP contribution in [0.2, 0.25) is 5.02 Å². The zero-order chi connectivity index (χ0) is 22.7. The van der Waals surface area contributed by atoms with E-state index < -0.39 is 0 Å². The molecule has 2 amide bonds. The summed E-state index contributed by atoms with van der Waals surface area (Å²) in [7, 11) is 0. The molecule has 2 heterocycles. The molecule has 4 aromatic rings. The van der Waals surface area contributed by atoms with E-state index in [9.17, 15) is 9.59 Å². The first-order chi connectivity index (χ1) is 15.4. The standard InChI is InChI=1S/C24H21ClN4O3/c1-15-6-9-23-27-19(13-29(23)12-15)14-32-20-5-3-4-17(10-20)24(31)28-22-11-18(25)7-8-21(22)26-16(2)30/h3-13H,14H2,1-2H3,(H,26,30)(H,28,31). The average Bonchev–Trinajstić information content (AvgIpc) is 3.16. The lowest BCUT2D eigenvalue weighted by atomic mass is 10.2. The van der Waals surface area contributed by atoms with Crippen molar-refractivity contribution in [3.8, 4) is 5.75 Å². The molecular formula is C24H21ClN4O3. The van der Waals surface area contributed by atoms with Gasteiger partial charge in [-0.05, 0) is 55.0 Å². The van der Waals surface area contributed by atoms with Gasteiger partial charge >= 0.3 is 0 Å². The van der Waals surface area contributed by atoms with Crippen molar-refractivity contribution in [3.63, 3.8) is 0 Å². The van der Waals surface area contributed by atoms with Crippen LogP contribution in [0.4, 0.5) is 11.4 Å². The van der Waals surface area contributed by atoms with Gasteiger partial charge < -0.3 is 19.8 Å². The highest BCUT2D eigenvalue weighted by Crippen LogP contribution is 2.27. The Morgan fingerprint density at radius 1 is 1.03 bits per heavy atom. The molecule has 4 rings (SSSR count). The minimum absolute atomic E-state index is 0.250. The number of hydrogen-bond donors (Lipinski definition) is 2. The second kappa shape index (κ2) is 9.11. The first kappa shape index (κ1) is 21.4.